The van der Waals surface area contributed by atoms with E-state index in [1.165, 1.54) is 28.5 Å². The number of carboxylic acid groups (broad SMARTS) is 1. The van der Waals surface area contributed by atoms with Gasteiger partial charge in [0, 0.05) is 41.7 Å². The highest BCUT2D eigenvalue weighted by Crippen LogP contribution is 2.29. The number of nitrogens with zero attached hydrogens (tertiary/aromatic N) is 2. The number of carbonyl (C=O) groups is 2. The summed E-state index contributed by atoms with van der Waals surface area (Å²) in [5, 5.41) is 14.4. The number of aromatic carboxylic acids is 1. The van der Waals surface area contributed by atoms with Crippen molar-refractivity contribution in [3.63, 3.8) is 0 Å². The van der Waals surface area contributed by atoms with Gasteiger partial charge in [-0.25, -0.2) is 9.78 Å². The van der Waals surface area contributed by atoms with Crippen LogP contribution in [0, 0.1) is 0 Å². The van der Waals surface area contributed by atoms with E-state index in [9.17, 15) is 9.59 Å². The number of carboxylic acids is 1. The monoisotopic (exact) mass is 441 g/mol. The molecule has 1 unspecified atom stereocenters. The van der Waals surface area contributed by atoms with Crippen LogP contribution in [0.25, 0.3) is 0 Å². The van der Waals surface area contributed by atoms with E-state index in [0.29, 0.717) is 40.4 Å². The molecule has 1 aromatic heterocycles. The van der Waals surface area contributed by atoms with Gasteiger partial charge in [-0.1, -0.05) is 23.4 Å². The number of nitrogens with one attached hydrogen (secondary N) is 1. The molecular weight excluding hydrogens is 422 g/mol. The van der Waals surface area contributed by atoms with E-state index in [4.69, 9.17) is 21.4 Å². The number of amides is 1. The van der Waals surface area contributed by atoms with Crippen LogP contribution in [-0.4, -0.2) is 58.9 Å². The first-order chi connectivity index (χ1) is 13.5. The lowest BCUT2D eigenvalue weighted by molar-refractivity contribution is -0.128. The van der Waals surface area contributed by atoms with Crippen molar-refractivity contribution in [1.29, 1.82) is 0 Å². The van der Waals surface area contributed by atoms with E-state index >= 15 is 0 Å². The third kappa shape index (κ3) is 5.09. The smallest absolute Gasteiger partial charge is 0.355 e. The van der Waals surface area contributed by atoms with Crippen LogP contribution in [0.15, 0.2) is 27.9 Å². The minimum absolute atomic E-state index is 0.0577. The molecule has 2 N–H and O–H groups in total. The van der Waals surface area contributed by atoms with Crippen LogP contribution in [0.2, 0.25) is 5.02 Å². The van der Waals surface area contributed by atoms with Crippen LogP contribution in [0.4, 0.5) is 5.69 Å². The van der Waals surface area contributed by atoms with Crippen molar-refractivity contribution in [2.75, 3.05) is 31.3 Å². The largest absolute Gasteiger partial charge is 0.495 e. The zero-order valence-electron chi connectivity index (χ0n) is 15.2. The summed E-state index contributed by atoms with van der Waals surface area (Å²) in [5.41, 5.74) is 0.856. The number of halogens is 1. The third-order valence-corrected chi connectivity index (χ3v) is 6.64. The maximum atomic E-state index is 12.3. The number of ether oxygens (including phenoxy) is 1. The lowest BCUT2D eigenvalue weighted by atomic mass is 10.2. The van der Waals surface area contributed by atoms with Gasteiger partial charge in [0.15, 0.2) is 10.0 Å². The number of hydrogen-bond donors (Lipinski definition) is 2. The van der Waals surface area contributed by atoms with E-state index in [-0.39, 0.29) is 17.6 Å². The summed E-state index contributed by atoms with van der Waals surface area (Å²) < 4.78 is 6.04. The van der Waals surface area contributed by atoms with Crippen molar-refractivity contribution in [1.82, 2.24) is 9.88 Å². The molecule has 7 nitrogen and oxygen atoms in total. The minimum Gasteiger partial charge on any atom is -0.495 e. The third-order valence-electron chi connectivity index (χ3n) is 4.40. The predicted octanol–water partition coefficient (Wildman–Crippen LogP) is 3.70. The van der Waals surface area contributed by atoms with E-state index in [0.717, 1.165) is 12.1 Å². The fourth-order valence-electron chi connectivity index (χ4n) is 3.01. The average molecular weight is 442 g/mol. The average Bonchev–Trinajstić information content (AvgIpc) is 3.28. The molecule has 1 aliphatic rings. The fourth-order valence-corrected chi connectivity index (χ4v) is 4.99. The summed E-state index contributed by atoms with van der Waals surface area (Å²) in [7, 11) is 1.60. The number of thioether (sulfide) groups is 1. The van der Waals surface area contributed by atoms with Gasteiger partial charge in [0.05, 0.1) is 12.8 Å². The Morgan fingerprint density at radius 3 is 3.07 bits per heavy atom. The van der Waals surface area contributed by atoms with Crippen molar-refractivity contribution >= 4 is 52.3 Å². The molecule has 1 atom stereocenters. The maximum absolute atomic E-state index is 12.3. The molecule has 0 aliphatic carbocycles. The number of anilines is 1. The number of aromatic nitrogens is 1. The molecule has 1 aromatic carbocycles. The highest BCUT2D eigenvalue weighted by atomic mass is 35.5. The van der Waals surface area contributed by atoms with Crippen molar-refractivity contribution in [2.24, 2.45) is 0 Å². The molecule has 0 spiro atoms. The van der Waals surface area contributed by atoms with Crippen molar-refractivity contribution < 1.29 is 19.4 Å². The van der Waals surface area contributed by atoms with E-state index in [1.807, 2.05) is 4.90 Å². The van der Waals surface area contributed by atoms with Gasteiger partial charge in [0.1, 0.15) is 5.75 Å². The summed E-state index contributed by atoms with van der Waals surface area (Å²) in [6.45, 7) is 1.19. The van der Waals surface area contributed by atoms with Crippen LogP contribution >= 0.6 is 34.7 Å². The van der Waals surface area contributed by atoms with Gasteiger partial charge in [-0.3, -0.25) is 4.79 Å². The molecule has 2 heterocycles. The van der Waals surface area contributed by atoms with Gasteiger partial charge in [0.25, 0.3) is 0 Å². The Morgan fingerprint density at radius 1 is 1.54 bits per heavy atom. The second kappa shape index (κ2) is 9.49. The lowest BCUT2D eigenvalue weighted by Crippen LogP contribution is -2.39. The molecule has 0 radical (unpaired) electrons. The predicted molar refractivity (Wildman–Crippen MR) is 111 cm³/mol. The van der Waals surface area contributed by atoms with Crippen LogP contribution in [0.3, 0.4) is 0 Å². The summed E-state index contributed by atoms with van der Waals surface area (Å²) in [4.78, 5) is 29.1. The van der Waals surface area contributed by atoms with Crippen molar-refractivity contribution in [2.45, 2.75) is 23.2 Å². The Morgan fingerprint density at radius 2 is 2.36 bits per heavy atom. The number of hydrogen-bond acceptors (Lipinski definition) is 7. The molecule has 28 heavy (non-hydrogen) atoms. The highest BCUT2D eigenvalue weighted by molar-refractivity contribution is 8.01. The van der Waals surface area contributed by atoms with Crippen LogP contribution < -0.4 is 10.1 Å². The van der Waals surface area contributed by atoms with E-state index < -0.39 is 5.97 Å². The number of methoxy groups -OCH3 is 1. The van der Waals surface area contributed by atoms with Crippen LogP contribution in [-0.2, 0) is 4.79 Å². The fraction of sp³-hybridized carbons (Fsp3) is 0.389. The molecule has 3 rings (SSSR count). The molecule has 10 heteroatoms. The second-order valence-electron chi connectivity index (χ2n) is 6.16. The molecule has 1 saturated heterocycles. The van der Waals surface area contributed by atoms with Gasteiger partial charge in [-0.05, 0) is 24.6 Å². The molecular formula is C18H20ClN3O4S2. The van der Waals surface area contributed by atoms with Gasteiger partial charge >= 0.3 is 5.97 Å². The van der Waals surface area contributed by atoms with Crippen molar-refractivity contribution in [3.8, 4) is 5.75 Å². The minimum atomic E-state index is -1.03. The molecule has 150 valence electrons. The van der Waals surface area contributed by atoms with Gasteiger partial charge in [-0.15, -0.1) is 11.3 Å². The number of carbonyl (C=O) groups excluding carboxylic acids is 1. The Bertz CT molecular complexity index is 861. The summed E-state index contributed by atoms with van der Waals surface area (Å²) in [6, 6.07) is 5.46. The molecule has 1 fully saturated rings. The van der Waals surface area contributed by atoms with Gasteiger partial charge in [0.2, 0.25) is 5.91 Å². The first-order valence-electron chi connectivity index (χ1n) is 8.66. The number of likely N-dealkylation sites (tertiary alicyclic amines) is 1. The number of benzene rings is 1. The SMILES string of the molecule is COc1ccc(Cl)cc1NCC1CCC(=O)N1CCSc1nc(C(=O)O)cs1. The van der Waals surface area contributed by atoms with Crippen molar-refractivity contribution in [3.05, 3.63) is 34.3 Å². The van der Waals surface area contributed by atoms with E-state index in [2.05, 4.69) is 10.3 Å². The Hall–Kier alpha value is -1.97. The topological polar surface area (TPSA) is 91.8 Å². The molecule has 0 saturated carbocycles. The maximum Gasteiger partial charge on any atom is 0.355 e. The summed E-state index contributed by atoms with van der Waals surface area (Å²) >= 11 is 8.83. The molecule has 1 aliphatic heterocycles. The second-order valence-corrected chi connectivity index (χ2v) is 8.79. The molecule has 1 amide bonds. The summed E-state index contributed by atoms with van der Waals surface area (Å²) in [6.07, 6.45) is 1.32. The highest BCUT2D eigenvalue weighted by Gasteiger charge is 2.30. The zero-order chi connectivity index (χ0) is 20.1. The standard InChI is InChI=1S/C18H20ClN3O4S2/c1-26-15-4-2-11(19)8-13(15)20-9-12-3-5-16(23)22(12)6-7-27-18-21-14(10-28-18)17(24)25/h2,4,8,10,12,20H,3,5-7,9H2,1H3,(H,24,25). The molecule has 2 aromatic rings. The lowest BCUT2D eigenvalue weighted by Gasteiger charge is -2.25. The van der Waals surface area contributed by atoms with Gasteiger partial charge in [-0.2, -0.15) is 0 Å². The Kier molecular flexibility index (Phi) is 7.03. The van der Waals surface area contributed by atoms with Gasteiger partial charge < -0.3 is 20.1 Å². The molecule has 0 bridgehead atoms. The first-order valence-corrected chi connectivity index (χ1v) is 10.9. The zero-order valence-corrected chi connectivity index (χ0v) is 17.6. The van der Waals surface area contributed by atoms with E-state index in [1.54, 1.807) is 25.3 Å². The van der Waals surface area contributed by atoms with Crippen LogP contribution in [0.5, 0.6) is 5.75 Å². The summed E-state index contributed by atoms with van der Waals surface area (Å²) in [5.74, 6) is 0.472. The number of thiazole rings is 1. The number of rotatable bonds is 9. The Balaban J connectivity index is 1.54. The first kappa shape index (κ1) is 20.8. The normalized spacial score (nSPS) is 16.4. The van der Waals surface area contributed by atoms with Crippen LogP contribution in [0.1, 0.15) is 23.3 Å². The quantitative estimate of drug-likeness (QED) is 0.573. The Labute approximate surface area is 176 Å².